The molecule has 3 nitrogen and oxygen atoms in total. The van der Waals surface area contributed by atoms with E-state index in [0.29, 0.717) is 12.0 Å². The Morgan fingerprint density at radius 2 is 2.13 bits per heavy atom. The first-order valence-corrected chi connectivity index (χ1v) is 5.89. The molecule has 15 heavy (non-hydrogen) atoms. The molecule has 1 aromatic heterocycles. The highest BCUT2D eigenvalue weighted by Gasteiger charge is 2.28. The second-order valence-corrected chi connectivity index (χ2v) is 5.12. The minimum atomic E-state index is 0.509. The fraction of sp³-hybridized carbons (Fsp3) is 0.750. The van der Waals surface area contributed by atoms with Crippen LogP contribution in [0.15, 0.2) is 6.20 Å². The molecule has 1 fully saturated rings. The fourth-order valence-electron chi connectivity index (χ4n) is 2.73. The maximum atomic E-state index is 6.03. The Kier molecular flexibility index (Phi) is 2.72. The van der Waals surface area contributed by atoms with Crippen LogP contribution < -0.4 is 5.73 Å². The standard InChI is InChI=1S/C12H21N3/c1-8-4-5-11(9(2)6-8)15-12(13)10(3)7-14-15/h7-9,11H,4-6,13H2,1-3H3. The smallest absolute Gasteiger partial charge is 0.124 e. The largest absolute Gasteiger partial charge is 0.384 e. The molecule has 1 aliphatic rings. The number of anilines is 1. The van der Waals surface area contributed by atoms with Crippen molar-refractivity contribution in [2.75, 3.05) is 5.73 Å². The van der Waals surface area contributed by atoms with Crippen LogP contribution in [0.2, 0.25) is 0 Å². The van der Waals surface area contributed by atoms with Gasteiger partial charge in [-0.05, 0) is 38.0 Å². The average Bonchev–Trinajstić information content (AvgIpc) is 2.49. The summed E-state index contributed by atoms with van der Waals surface area (Å²) < 4.78 is 2.03. The summed E-state index contributed by atoms with van der Waals surface area (Å²) in [5, 5.41) is 4.41. The van der Waals surface area contributed by atoms with Gasteiger partial charge in [0.05, 0.1) is 12.2 Å². The van der Waals surface area contributed by atoms with Gasteiger partial charge in [-0.2, -0.15) is 5.10 Å². The SMILES string of the molecule is Cc1cnn(C2CCC(C)CC2C)c1N. The number of nitrogen functional groups attached to an aromatic ring is 1. The van der Waals surface area contributed by atoms with E-state index in [-0.39, 0.29) is 0 Å². The molecule has 1 aromatic rings. The third-order valence-electron chi connectivity index (χ3n) is 3.73. The number of hydrogen-bond donors (Lipinski definition) is 1. The van der Waals surface area contributed by atoms with Crippen molar-refractivity contribution in [1.29, 1.82) is 0 Å². The van der Waals surface area contributed by atoms with Crippen molar-refractivity contribution in [1.82, 2.24) is 9.78 Å². The Morgan fingerprint density at radius 1 is 1.40 bits per heavy atom. The monoisotopic (exact) mass is 207 g/mol. The van der Waals surface area contributed by atoms with E-state index >= 15 is 0 Å². The molecule has 0 spiro atoms. The molecule has 1 saturated carbocycles. The molecular weight excluding hydrogens is 186 g/mol. The van der Waals surface area contributed by atoms with Crippen LogP contribution in [0.4, 0.5) is 5.82 Å². The van der Waals surface area contributed by atoms with Gasteiger partial charge < -0.3 is 5.73 Å². The van der Waals surface area contributed by atoms with Crippen LogP contribution in [-0.4, -0.2) is 9.78 Å². The molecule has 1 aliphatic carbocycles. The second kappa shape index (κ2) is 3.87. The zero-order chi connectivity index (χ0) is 11.0. The molecule has 0 bridgehead atoms. The van der Waals surface area contributed by atoms with E-state index in [1.165, 1.54) is 19.3 Å². The van der Waals surface area contributed by atoms with E-state index < -0.39 is 0 Å². The molecule has 3 heteroatoms. The minimum Gasteiger partial charge on any atom is -0.384 e. The third-order valence-corrected chi connectivity index (χ3v) is 3.73. The lowest BCUT2D eigenvalue weighted by Crippen LogP contribution is -2.26. The first-order chi connectivity index (χ1) is 7.09. The highest BCUT2D eigenvalue weighted by atomic mass is 15.3. The summed E-state index contributed by atoms with van der Waals surface area (Å²) >= 11 is 0. The molecular formula is C12H21N3. The normalized spacial score (nSPS) is 31.8. The zero-order valence-electron chi connectivity index (χ0n) is 9.90. The van der Waals surface area contributed by atoms with Crippen molar-refractivity contribution >= 4 is 5.82 Å². The average molecular weight is 207 g/mol. The van der Waals surface area contributed by atoms with Gasteiger partial charge in [-0.3, -0.25) is 0 Å². The summed E-state index contributed by atoms with van der Waals surface area (Å²) in [7, 11) is 0. The Bertz CT molecular complexity index is 343. The second-order valence-electron chi connectivity index (χ2n) is 5.12. The summed E-state index contributed by atoms with van der Waals surface area (Å²) in [4.78, 5) is 0. The minimum absolute atomic E-state index is 0.509. The van der Waals surface area contributed by atoms with Crippen molar-refractivity contribution in [3.8, 4) is 0 Å². The van der Waals surface area contributed by atoms with E-state index in [4.69, 9.17) is 5.73 Å². The lowest BCUT2D eigenvalue weighted by Gasteiger charge is -2.33. The Hall–Kier alpha value is -0.990. The molecule has 2 N–H and O–H groups in total. The van der Waals surface area contributed by atoms with Gasteiger partial charge >= 0.3 is 0 Å². The van der Waals surface area contributed by atoms with Crippen molar-refractivity contribution in [2.45, 2.75) is 46.1 Å². The van der Waals surface area contributed by atoms with Crippen LogP contribution >= 0.6 is 0 Å². The van der Waals surface area contributed by atoms with E-state index in [1.54, 1.807) is 0 Å². The summed E-state index contributed by atoms with van der Waals surface area (Å²) in [5.74, 6) is 2.39. The highest BCUT2D eigenvalue weighted by Crippen LogP contribution is 2.37. The quantitative estimate of drug-likeness (QED) is 0.769. The van der Waals surface area contributed by atoms with Gasteiger partial charge in [0.2, 0.25) is 0 Å². The molecule has 0 aromatic carbocycles. The first-order valence-electron chi connectivity index (χ1n) is 5.89. The topological polar surface area (TPSA) is 43.8 Å². The molecule has 2 rings (SSSR count). The molecule has 0 saturated heterocycles. The van der Waals surface area contributed by atoms with E-state index in [1.807, 2.05) is 17.8 Å². The van der Waals surface area contributed by atoms with Gasteiger partial charge in [-0.15, -0.1) is 0 Å². The third kappa shape index (κ3) is 1.87. The number of nitrogens with two attached hydrogens (primary N) is 1. The van der Waals surface area contributed by atoms with E-state index in [9.17, 15) is 0 Å². The van der Waals surface area contributed by atoms with Crippen molar-refractivity contribution < 1.29 is 0 Å². The van der Waals surface area contributed by atoms with Gasteiger partial charge in [0.1, 0.15) is 5.82 Å². The molecule has 0 aliphatic heterocycles. The maximum Gasteiger partial charge on any atom is 0.124 e. The van der Waals surface area contributed by atoms with E-state index in [2.05, 4.69) is 18.9 Å². The summed E-state index contributed by atoms with van der Waals surface area (Å²) in [6.07, 6.45) is 5.68. The fourth-order valence-corrected chi connectivity index (χ4v) is 2.73. The molecule has 0 amide bonds. The van der Waals surface area contributed by atoms with Gasteiger partial charge in [0, 0.05) is 5.56 Å². The Morgan fingerprint density at radius 3 is 2.67 bits per heavy atom. The summed E-state index contributed by atoms with van der Waals surface area (Å²) in [6.45, 7) is 6.68. The van der Waals surface area contributed by atoms with Crippen LogP contribution in [-0.2, 0) is 0 Å². The van der Waals surface area contributed by atoms with E-state index in [0.717, 1.165) is 17.3 Å². The van der Waals surface area contributed by atoms with Gasteiger partial charge in [0.15, 0.2) is 0 Å². The summed E-state index contributed by atoms with van der Waals surface area (Å²) in [6, 6.07) is 0.509. The van der Waals surface area contributed by atoms with Gasteiger partial charge in [0.25, 0.3) is 0 Å². The molecule has 1 heterocycles. The van der Waals surface area contributed by atoms with Crippen LogP contribution in [0.1, 0.15) is 44.7 Å². The van der Waals surface area contributed by atoms with Gasteiger partial charge in [-0.25, -0.2) is 4.68 Å². The lowest BCUT2D eigenvalue weighted by atomic mass is 9.80. The van der Waals surface area contributed by atoms with Crippen LogP contribution in [0, 0.1) is 18.8 Å². The first kappa shape index (κ1) is 10.5. The number of nitrogens with zero attached hydrogens (tertiary/aromatic N) is 2. The summed E-state index contributed by atoms with van der Waals surface area (Å²) in [5.41, 5.74) is 7.13. The Balaban J connectivity index is 2.20. The number of aryl methyl sites for hydroxylation is 1. The molecule has 84 valence electrons. The number of aromatic nitrogens is 2. The predicted molar refractivity (Wildman–Crippen MR) is 62.6 cm³/mol. The van der Waals surface area contributed by atoms with Crippen molar-refractivity contribution in [3.63, 3.8) is 0 Å². The number of rotatable bonds is 1. The van der Waals surface area contributed by atoms with Crippen LogP contribution in [0.25, 0.3) is 0 Å². The lowest BCUT2D eigenvalue weighted by molar-refractivity contribution is 0.197. The maximum absolute atomic E-state index is 6.03. The molecule has 3 atom stereocenters. The molecule has 3 unspecified atom stereocenters. The predicted octanol–water partition coefficient (Wildman–Crippen LogP) is 2.77. The Labute approximate surface area is 91.7 Å². The van der Waals surface area contributed by atoms with Crippen molar-refractivity contribution in [2.24, 2.45) is 11.8 Å². The molecule has 0 radical (unpaired) electrons. The van der Waals surface area contributed by atoms with Crippen LogP contribution in [0.5, 0.6) is 0 Å². The van der Waals surface area contributed by atoms with Crippen molar-refractivity contribution in [3.05, 3.63) is 11.8 Å². The highest BCUT2D eigenvalue weighted by molar-refractivity contribution is 5.37. The van der Waals surface area contributed by atoms with Crippen LogP contribution in [0.3, 0.4) is 0 Å². The zero-order valence-corrected chi connectivity index (χ0v) is 9.90. The van der Waals surface area contributed by atoms with Gasteiger partial charge in [-0.1, -0.05) is 13.8 Å². The number of hydrogen-bond acceptors (Lipinski definition) is 2.